The smallest absolute Gasteiger partial charge is 0.241 e. The molecule has 0 aliphatic carbocycles. The summed E-state index contributed by atoms with van der Waals surface area (Å²) in [6, 6.07) is 8.78. The first-order valence-corrected chi connectivity index (χ1v) is 11.0. The molecule has 35 heavy (non-hydrogen) atoms. The van der Waals surface area contributed by atoms with E-state index in [0.717, 1.165) is 5.56 Å². The molecule has 0 aliphatic heterocycles. The van der Waals surface area contributed by atoms with Crippen molar-refractivity contribution in [2.75, 3.05) is 34.2 Å². The Hall–Kier alpha value is -3.69. The van der Waals surface area contributed by atoms with Crippen molar-refractivity contribution in [1.29, 1.82) is 0 Å². The number of benzene rings is 2. The molecule has 11 heteroatoms. The third-order valence-electron chi connectivity index (χ3n) is 5.17. The van der Waals surface area contributed by atoms with Gasteiger partial charge in [0.1, 0.15) is 35.1 Å². The van der Waals surface area contributed by atoms with Gasteiger partial charge in [0, 0.05) is 29.3 Å². The zero-order chi connectivity index (χ0) is 25.1. The Labute approximate surface area is 211 Å². The van der Waals surface area contributed by atoms with E-state index in [2.05, 4.69) is 15.0 Å². The van der Waals surface area contributed by atoms with Gasteiger partial charge in [-0.05, 0) is 23.8 Å². The van der Waals surface area contributed by atoms with E-state index >= 15 is 0 Å². The molecule has 2 aromatic heterocycles. The number of halogens is 2. The molecule has 182 valence electrons. The molecule has 0 saturated heterocycles. The minimum atomic E-state index is 0.0825. The average Bonchev–Trinajstić information content (AvgIpc) is 2.87. The Balaban J connectivity index is 1.85. The number of ether oxygens (including phenoxy) is 5. The first-order valence-electron chi connectivity index (χ1n) is 10.3. The standard InChI is InChI=1S/C24H22Cl2N4O5/c1-31-14-5-12(6-15(8-14)32-2)11-35-23-22-13(10-28-24(27)30-22)7-16(29-23)19-20(25)17(33-3)9-18(34-4)21(19)26/h5-10H,11H2,1-4H3,(H2,27,28,30). The second-order valence-corrected chi connectivity index (χ2v) is 8.03. The molecule has 2 heterocycles. The van der Waals surface area contributed by atoms with Crippen LogP contribution in [0.25, 0.3) is 22.2 Å². The molecule has 2 N–H and O–H groups in total. The van der Waals surface area contributed by atoms with Gasteiger partial charge in [-0.2, -0.15) is 0 Å². The minimum absolute atomic E-state index is 0.0825. The number of hydrogen-bond donors (Lipinski definition) is 1. The summed E-state index contributed by atoms with van der Waals surface area (Å²) in [5.74, 6) is 2.31. The van der Waals surface area contributed by atoms with Crippen LogP contribution in [-0.2, 0) is 6.61 Å². The molecule has 0 saturated carbocycles. The van der Waals surface area contributed by atoms with Gasteiger partial charge in [0.25, 0.3) is 0 Å². The molecule has 0 spiro atoms. The van der Waals surface area contributed by atoms with E-state index in [1.54, 1.807) is 38.6 Å². The van der Waals surface area contributed by atoms with Gasteiger partial charge < -0.3 is 29.4 Å². The predicted octanol–water partition coefficient (Wildman–Crippen LogP) is 5.19. The predicted molar refractivity (Wildman–Crippen MR) is 134 cm³/mol. The van der Waals surface area contributed by atoms with E-state index in [1.165, 1.54) is 14.2 Å². The van der Waals surface area contributed by atoms with Crippen molar-refractivity contribution in [2.24, 2.45) is 0 Å². The van der Waals surface area contributed by atoms with Gasteiger partial charge in [-0.3, -0.25) is 0 Å². The summed E-state index contributed by atoms with van der Waals surface area (Å²) in [7, 11) is 6.15. The Morgan fingerprint density at radius 3 is 2.00 bits per heavy atom. The van der Waals surface area contributed by atoms with E-state index in [9.17, 15) is 0 Å². The second-order valence-electron chi connectivity index (χ2n) is 7.27. The number of pyridine rings is 1. The number of nitrogen functional groups attached to an aromatic ring is 1. The van der Waals surface area contributed by atoms with Crippen LogP contribution in [0.1, 0.15) is 5.56 Å². The van der Waals surface area contributed by atoms with Crippen molar-refractivity contribution < 1.29 is 23.7 Å². The first kappa shape index (κ1) is 24.4. The van der Waals surface area contributed by atoms with Crippen LogP contribution in [0.3, 0.4) is 0 Å². The lowest BCUT2D eigenvalue weighted by atomic mass is 10.1. The monoisotopic (exact) mass is 516 g/mol. The lowest BCUT2D eigenvalue weighted by Gasteiger charge is -2.16. The van der Waals surface area contributed by atoms with Crippen LogP contribution in [-0.4, -0.2) is 43.4 Å². The Bertz CT molecular complexity index is 1350. The fourth-order valence-corrected chi connectivity index (χ4v) is 4.16. The highest BCUT2D eigenvalue weighted by Crippen LogP contribution is 2.46. The number of fused-ring (bicyclic) bond motifs is 1. The van der Waals surface area contributed by atoms with Crippen LogP contribution >= 0.6 is 23.2 Å². The van der Waals surface area contributed by atoms with Crippen molar-refractivity contribution in [1.82, 2.24) is 15.0 Å². The molecular formula is C24H22Cl2N4O5. The van der Waals surface area contributed by atoms with Crippen LogP contribution < -0.4 is 29.4 Å². The lowest BCUT2D eigenvalue weighted by molar-refractivity contribution is 0.295. The summed E-state index contributed by atoms with van der Waals surface area (Å²) < 4.78 is 27.6. The third kappa shape index (κ3) is 4.91. The number of nitrogens with zero attached hydrogens (tertiary/aromatic N) is 3. The summed E-state index contributed by atoms with van der Waals surface area (Å²) in [5.41, 5.74) is 7.88. The fraction of sp³-hybridized carbons (Fsp3) is 0.208. The largest absolute Gasteiger partial charge is 0.497 e. The van der Waals surface area contributed by atoms with E-state index < -0.39 is 0 Å². The zero-order valence-corrected chi connectivity index (χ0v) is 20.9. The van der Waals surface area contributed by atoms with Crippen LogP contribution in [0.2, 0.25) is 10.0 Å². The average molecular weight is 517 g/mol. The highest BCUT2D eigenvalue weighted by Gasteiger charge is 2.22. The topological polar surface area (TPSA) is 111 Å². The number of rotatable bonds is 8. The van der Waals surface area contributed by atoms with Crippen molar-refractivity contribution in [3.8, 4) is 40.1 Å². The Morgan fingerprint density at radius 2 is 1.43 bits per heavy atom. The van der Waals surface area contributed by atoms with Gasteiger partial charge in [0.05, 0.1) is 44.2 Å². The van der Waals surface area contributed by atoms with Crippen LogP contribution in [0.15, 0.2) is 36.5 Å². The summed E-state index contributed by atoms with van der Waals surface area (Å²) >= 11 is 13.2. The molecule has 0 bridgehead atoms. The maximum Gasteiger partial charge on any atom is 0.241 e. The molecule has 2 aromatic carbocycles. The molecule has 4 aromatic rings. The summed E-state index contributed by atoms with van der Waals surface area (Å²) in [4.78, 5) is 13.1. The van der Waals surface area contributed by atoms with Crippen LogP contribution in [0.4, 0.5) is 5.95 Å². The van der Waals surface area contributed by atoms with Crippen molar-refractivity contribution in [3.05, 3.63) is 52.1 Å². The number of hydrogen-bond acceptors (Lipinski definition) is 9. The van der Waals surface area contributed by atoms with E-state index in [-0.39, 0.29) is 28.5 Å². The van der Waals surface area contributed by atoms with Gasteiger partial charge in [-0.15, -0.1) is 0 Å². The van der Waals surface area contributed by atoms with Gasteiger partial charge in [-0.1, -0.05) is 23.2 Å². The molecular weight excluding hydrogens is 495 g/mol. The molecule has 0 fully saturated rings. The molecule has 0 radical (unpaired) electrons. The van der Waals surface area contributed by atoms with Gasteiger partial charge in [-0.25, -0.2) is 15.0 Å². The highest BCUT2D eigenvalue weighted by atomic mass is 35.5. The van der Waals surface area contributed by atoms with Gasteiger partial charge in [0.15, 0.2) is 0 Å². The first-order chi connectivity index (χ1) is 16.9. The SMILES string of the molecule is COc1cc(COc2nc(-c3c(Cl)c(OC)cc(OC)c3Cl)cc3cnc(N)nc23)cc(OC)c1. The third-order valence-corrected chi connectivity index (χ3v) is 5.92. The van der Waals surface area contributed by atoms with Crippen LogP contribution in [0, 0.1) is 0 Å². The summed E-state index contributed by atoms with van der Waals surface area (Å²) in [6.07, 6.45) is 1.57. The fourth-order valence-electron chi connectivity index (χ4n) is 3.46. The summed E-state index contributed by atoms with van der Waals surface area (Å²) in [6.45, 7) is 0.145. The number of aromatic nitrogens is 3. The van der Waals surface area contributed by atoms with E-state index in [4.69, 9.17) is 52.6 Å². The molecule has 0 aliphatic rings. The molecule has 0 amide bonds. The number of anilines is 1. The quantitative estimate of drug-likeness (QED) is 0.337. The highest BCUT2D eigenvalue weighted by molar-refractivity contribution is 6.41. The van der Waals surface area contributed by atoms with Crippen molar-refractivity contribution in [2.45, 2.75) is 6.61 Å². The molecule has 9 nitrogen and oxygen atoms in total. The van der Waals surface area contributed by atoms with Crippen LogP contribution in [0.5, 0.6) is 28.9 Å². The van der Waals surface area contributed by atoms with Gasteiger partial charge in [0.2, 0.25) is 11.8 Å². The number of methoxy groups -OCH3 is 4. The van der Waals surface area contributed by atoms with E-state index in [0.29, 0.717) is 45.2 Å². The number of nitrogens with two attached hydrogens (primary N) is 1. The molecule has 0 atom stereocenters. The summed E-state index contributed by atoms with van der Waals surface area (Å²) in [5, 5.41) is 1.16. The van der Waals surface area contributed by atoms with Crippen molar-refractivity contribution in [3.63, 3.8) is 0 Å². The Kier molecular flexibility index (Phi) is 7.18. The maximum absolute atomic E-state index is 6.62. The molecule has 4 rings (SSSR count). The van der Waals surface area contributed by atoms with Gasteiger partial charge >= 0.3 is 0 Å². The minimum Gasteiger partial charge on any atom is -0.497 e. The van der Waals surface area contributed by atoms with Crippen molar-refractivity contribution >= 4 is 40.1 Å². The molecule has 0 unspecified atom stereocenters. The zero-order valence-electron chi connectivity index (χ0n) is 19.4. The lowest BCUT2D eigenvalue weighted by Crippen LogP contribution is -2.03. The van der Waals surface area contributed by atoms with E-state index in [1.807, 2.05) is 12.1 Å². The Morgan fingerprint density at radius 1 is 0.800 bits per heavy atom. The maximum atomic E-state index is 6.62. The second kappa shape index (κ2) is 10.3. The normalized spacial score (nSPS) is 10.8.